The van der Waals surface area contributed by atoms with Gasteiger partial charge in [0, 0.05) is 0 Å². The van der Waals surface area contributed by atoms with Gasteiger partial charge in [0.1, 0.15) is 24.4 Å². The molecular weight excluding hydrogens is 248 g/mol. The van der Waals surface area contributed by atoms with Gasteiger partial charge in [-0.05, 0) is 6.92 Å². The highest BCUT2D eigenvalue weighted by molar-refractivity contribution is 5.80. The summed E-state index contributed by atoms with van der Waals surface area (Å²) in [7, 11) is 0. The van der Waals surface area contributed by atoms with Crippen LogP contribution in [0.4, 0.5) is 0 Å². The maximum absolute atomic E-state index is 11.0. The molecule has 9 heteroatoms. The van der Waals surface area contributed by atoms with Crippen molar-refractivity contribution < 1.29 is 34.4 Å². The van der Waals surface area contributed by atoms with Crippen molar-refractivity contribution in [1.82, 2.24) is 0 Å². The first kappa shape index (κ1) is 14.8. The van der Waals surface area contributed by atoms with Crippen LogP contribution < -0.4 is 11.5 Å². The van der Waals surface area contributed by atoms with Gasteiger partial charge in [-0.2, -0.15) is 0 Å². The Morgan fingerprint density at radius 3 is 2.17 bits per heavy atom. The van der Waals surface area contributed by atoms with Crippen LogP contribution in [0.25, 0.3) is 0 Å². The largest absolute Gasteiger partial charge is 0.387 e. The molecule has 1 saturated heterocycles. The summed E-state index contributed by atoms with van der Waals surface area (Å²) in [5.41, 5.74) is 9.90. The van der Waals surface area contributed by atoms with Crippen LogP contribution in [0.1, 0.15) is 6.92 Å². The number of ether oxygens (including phenoxy) is 2. The molecule has 18 heavy (non-hydrogen) atoms. The van der Waals surface area contributed by atoms with Crippen molar-refractivity contribution in [3.05, 3.63) is 0 Å². The Kier molecular flexibility index (Phi) is 4.59. The van der Waals surface area contributed by atoms with Crippen molar-refractivity contribution in [2.45, 2.75) is 43.7 Å². The zero-order chi connectivity index (χ0) is 14.0. The standard InChI is InChI=1S/C9H16N2O7/c1-2(7(10)15)17-9-5(14)3(12)4(13)6(18-9)8(11)16/h2-6,9,12-14H,1H3,(H2,10,15)(H2,11,16)/t2?,3?,4-,5?,6?,9-/m1/s1. The van der Waals surface area contributed by atoms with Gasteiger partial charge in [-0.3, -0.25) is 9.59 Å². The predicted octanol–water partition coefficient (Wildman–Crippen LogP) is -3.83. The molecule has 0 aromatic rings. The first-order valence-electron chi connectivity index (χ1n) is 5.19. The number of nitrogens with two attached hydrogens (primary N) is 2. The minimum atomic E-state index is -1.69. The molecule has 0 aromatic heterocycles. The maximum Gasteiger partial charge on any atom is 0.249 e. The number of carbonyl (C=O) groups is 2. The zero-order valence-electron chi connectivity index (χ0n) is 9.59. The van der Waals surface area contributed by atoms with E-state index in [1.165, 1.54) is 6.92 Å². The van der Waals surface area contributed by atoms with E-state index in [0.717, 1.165) is 0 Å². The molecule has 0 bridgehead atoms. The van der Waals surface area contributed by atoms with Crippen molar-refractivity contribution in [3.63, 3.8) is 0 Å². The quantitative estimate of drug-likeness (QED) is 0.347. The third kappa shape index (κ3) is 2.94. The number of primary amides is 2. The molecule has 0 aromatic carbocycles. The number of hydrogen-bond donors (Lipinski definition) is 5. The lowest BCUT2D eigenvalue weighted by atomic mass is 9.98. The van der Waals surface area contributed by atoms with E-state index in [4.69, 9.17) is 20.9 Å². The van der Waals surface area contributed by atoms with Gasteiger partial charge in [0.05, 0.1) is 0 Å². The average Bonchev–Trinajstić information content (AvgIpc) is 2.29. The molecule has 1 aliphatic rings. The van der Waals surface area contributed by atoms with Crippen molar-refractivity contribution in [2.24, 2.45) is 11.5 Å². The first-order valence-corrected chi connectivity index (χ1v) is 5.19. The van der Waals surface area contributed by atoms with Crippen LogP contribution in [0.5, 0.6) is 0 Å². The van der Waals surface area contributed by atoms with Crippen molar-refractivity contribution in [3.8, 4) is 0 Å². The molecule has 1 rings (SSSR count). The molecule has 7 N–H and O–H groups in total. The summed E-state index contributed by atoms with van der Waals surface area (Å²) in [5.74, 6) is -1.85. The first-order chi connectivity index (χ1) is 8.25. The Bertz CT molecular complexity index is 337. The molecule has 0 saturated carbocycles. The fourth-order valence-corrected chi connectivity index (χ4v) is 1.46. The lowest BCUT2D eigenvalue weighted by Gasteiger charge is -2.39. The van der Waals surface area contributed by atoms with E-state index in [1.54, 1.807) is 0 Å². The monoisotopic (exact) mass is 264 g/mol. The molecule has 1 heterocycles. The Balaban J connectivity index is 2.79. The van der Waals surface area contributed by atoms with Crippen LogP contribution >= 0.6 is 0 Å². The Hall–Kier alpha value is -1.26. The van der Waals surface area contributed by atoms with Gasteiger partial charge < -0.3 is 36.3 Å². The lowest BCUT2D eigenvalue weighted by Crippen LogP contribution is -2.62. The number of carbonyl (C=O) groups excluding carboxylic acids is 2. The van der Waals surface area contributed by atoms with E-state index in [9.17, 15) is 24.9 Å². The fraction of sp³-hybridized carbons (Fsp3) is 0.778. The molecule has 4 unspecified atom stereocenters. The number of rotatable bonds is 4. The van der Waals surface area contributed by atoms with Crippen LogP contribution in [-0.4, -0.2) is 63.9 Å². The summed E-state index contributed by atoms with van der Waals surface area (Å²) in [6, 6.07) is 0. The normalized spacial score (nSPS) is 38.1. The van der Waals surface area contributed by atoms with Gasteiger partial charge in [-0.1, -0.05) is 0 Å². The van der Waals surface area contributed by atoms with E-state index in [-0.39, 0.29) is 0 Å². The van der Waals surface area contributed by atoms with E-state index in [2.05, 4.69) is 0 Å². The van der Waals surface area contributed by atoms with E-state index in [0.29, 0.717) is 0 Å². The molecule has 6 atom stereocenters. The molecule has 0 spiro atoms. The summed E-state index contributed by atoms with van der Waals surface area (Å²) in [6.07, 6.45) is -9.17. The summed E-state index contributed by atoms with van der Waals surface area (Å²) in [6.45, 7) is 1.30. The molecule has 104 valence electrons. The van der Waals surface area contributed by atoms with Crippen molar-refractivity contribution in [2.75, 3.05) is 0 Å². The second-order valence-electron chi connectivity index (χ2n) is 3.98. The zero-order valence-corrected chi connectivity index (χ0v) is 9.59. The Morgan fingerprint density at radius 2 is 1.72 bits per heavy atom. The van der Waals surface area contributed by atoms with Crippen LogP contribution in [-0.2, 0) is 19.1 Å². The van der Waals surface area contributed by atoms with Gasteiger partial charge in [0.2, 0.25) is 11.8 Å². The second kappa shape index (κ2) is 5.59. The predicted molar refractivity (Wildman–Crippen MR) is 55.6 cm³/mol. The van der Waals surface area contributed by atoms with Crippen LogP contribution in [0.15, 0.2) is 0 Å². The van der Waals surface area contributed by atoms with Gasteiger partial charge >= 0.3 is 0 Å². The van der Waals surface area contributed by atoms with Crippen LogP contribution in [0, 0.1) is 0 Å². The number of hydrogen-bond acceptors (Lipinski definition) is 7. The van der Waals surface area contributed by atoms with Crippen LogP contribution in [0.3, 0.4) is 0 Å². The van der Waals surface area contributed by atoms with Crippen molar-refractivity contribution >= 4 is 11.8 Å². The third-order valence-electron chi connectivity index (χ3n) is 2.59. The fourth-order valence-electron chi connectivity index (χ4n) is 1.46. The van der Waals surface area contributed by atoms with Crippen LogP contribution in [0.2, 0.25) is 0 Å². The van der Waals surface area contributed by atoms with Gasteiger partial charge in [0.25, 0.3) is 0 Å². The number of amides is 2. The number of aliphatic hydroxyl groups is 3. The highest BCUT2D eigenvalue weighted by Crippen LogP contribution is 2.22. The third-order valence-corrected chi connectivity index (χ3v) is 2.59. The highest BCUT2D eigenvalue weighted by atomic mass is 16.7. The maximum atomic E-state index is 11.0. The molecule has 1 fully saturated rings. The van der Waals surface area contributed by atoms with E-state index < -0.39 is 48.6 Å². The summed E-state index contributed by atoms with van der Waals surface area (Å²) in [4.78, 5) is 21.8. The molecule has 9 nitrogen and oxygen atoms in total. The Morgan fingerprint density at radius 1 is 1.17 bits per heavy atom. The topological polar surface area (TPSA) is 165 Å². The summed E-state index contributed by atoms with van der Waals surface area (Å²) < 4.78 is 9.84. The number of aliphatic hydroxyl groups excluding tert-OH is 3. The minimum Gasteiger partial charge on any atom is -0.387 e. The summed E-state index contributed by atoms with van der Waals surface area (Å²) >= 11 is 0. The molecular formula is C9H16N2O7. The van der Waals surface area contributed by atoms with Gasteiger partial charge in [-0.25, -0.2) is 0 Å². The lowest BCUT2D eigenvalue weighted by molar-refractivity contribution is -0.296. The molecule has 1 aliphatic heterocycles. The average molecular weight is 264 g/mol. The van der Waals surface area contributed by atoms with Crippen molar-refractivity contribution in [1.29, 1.82) is 0 Å². The molecule has 2 amide bonds. The SMILES string of the molecule is CC(O[C@@H]1OC(C(N)=O)[C@H](O)C(O)C1O)C(N)=O. The van der Waals surface area contributed by atoms with E-state index >= 15 is 0 Å². The summed E-state index contributed by atoms with van der Waals surface area (Å²) in [5, 5.41) is 28.5. The smallest absolute Gasteiger partial charge is 0.249 e. The van der Waals surface area contributed by atoms with Gasteiger partial charge in [0.15, 0.2) is 12.4 Å². The molecule has 0 aliphatic carbocycles. The highest BCUT2D eigenvalue weighted by Gasteiger charge is 2.47. The second-order valence-corrected chi connectivity index (χ2v) is 3.98. The van der Waals surface area contributed by atoms with E-state index in [1.807, 2.05) is 0 Å². The Labute approximate surface area is 102 Å². The molecule has 0 radical (unpaired) electrons. The minimum absolute atomic E-state index is 0.818. The van der Waals surface area contributed by atoms with Gasteiger partial charge in [-0.15, -0.1) is 0 Å².